The van der Waals surface area contributed by atoms with Crippen molar-refractivity contribution in [2.45, 2.75) is 84.7 Å². The van der Waals surface area contributed by atoms with Crippen molar-refractivity contribution in [2.24, 2.45) is 29.4 Å². The second-order valence-corrected chi connectivity index (χ2v) is 11.4. The standard InChI is InChI=1S/C27H43N5O5/c1-6-22(33)31-27(4,5)10-11-32-25(36-15-17(2)3)21(14-29-32)24(34)30-23-19-9-7-8-18(12-19)13-20(23)16-37-26(28)35/h10-11,14,17-20,23H,6-9,12-13,15-16H2,1-5H3,(H2,28,35)(H,30,34)(H,31,33)/b11-10+/t18?,19?,20?,23-/m0/s1. The predicted octanol–water partition coefficient (Wildman–Crippen LogP) is 3.71. The number of nitrogens with zero attached hydrogens (tertiary/aromatic N) is 2. The predicted molar refractivity (Wildman–Crippen MR) is 141 cm³/mol. The van der Waals surface area contributed by atoms with Crippen LogP contribution in [0.1, 0.15) is 83.5 Å². The summed E-state index contributed by atoms with van der Waals surface area (Å²) in [6.45, 7) is 10.3. The first-order valence-corrected chi connectivity index (χ1v) is 13.4. The number of nitrogens with one attached hydrogen (secondary N) is 2. The Morgan fingerprint density at radius 1 is 1.27 bits per heavy atom. The third kappa shape index (κ3) is 7.97. The fourth-order valence-electron chi connectivity index (χ4n) is 5.41. The zero-order valence-corrected chi connectivity index (χ0v) is 22.8. The van der Waals surface area contributed by atoms with Crippen LogP contribution in [-0.2, 0) is 9.53 Å². The van der Waals surface area contributed by atoms with Crippen molar-refractivity contribution < 1.29 is 23.9 Å². The van der Waals surface area contributed by atoms with Crippen LogP contribution < -0.4 is 21.1 Å². The molecule has 1 aromatic rings. The van der Waals surface area contributed by atoms with Crippen molar-refractivity contribution in [3.8, 4) is 5.88 Å². The Bertz CT molecular complexity index is 986. The van der Waals surface area contributed by atoms with Gasteiger partial charge in [0.2, 0.25) is 11.8 Å². The van der Waals surface area contributed by atoms with Crippen LogP contribution in [0.25, 0.3) is 6.20 Å². The van der Waals surface area contributed by atoms with E-state index >= 15 is 0 Å². The van der Waals surface area contributed by atoms with Gasteiger partial charge < -0.3 is 25.8 Å². The number of carbonyl (C=O) groups excluding carboxylic acids is 3. The van der Waals surface area contributed by atoms with Gasteiger partial charge in [0.25, 0.3) is 5.91 Å². The molecule has 2 aliphatic carbocycles. The molecule has 2 fully saturated rings. The van der Waals surface area contributed by atoms with Crippen LogP contribution in [0.15, 0.2) is 12.3 Å². The summed E-state index contributed by atoms with van der Waals surface area (Å²) in [7, 11) is 0. The van der Waals surface area contributed by atoms with Gasteiger partial charge >= 0.3 is 6.09 Å². The molecule has 0 aliphatic heterocycles. The fourth-order valence-corrected chi connectivity index (χ4v) is 5.41. The Labute approximate surface area is 219 Å². The van der Waals surface area contributed by atoms with E-state index in [-0.39, 0.29) is 36.3 Å². The first kappa shape index (κ1) is 28.5. The van der Waals surface area contributed by atoms with Gasteiger partial charge in [-0.05, 0) is 56.9 Å². The maximum absolute atomic E-state index is 13.6. The van der Waals surface area contributed by atoms with Crippen LogP contribution in [0.3, 0.4) is 0 Å². The average molecular weight is 518 g/mol. The van der Waals surface area contributed by atoms with Crippen molar-refractivity contribution in [1.29, 1.82) is 0 Å². The lowest BCUT2D eigenvalue weighted by Gasteiger charge is -2.45. The highest BCUT2D eigenvalue weighted by Gasteiger charge is 2.41. The van der Waals surface area contributed by atoms with Crippen molar-refractivity contribution in [2.75, 3.05) is 13.2 Å². The van der Waals surface area contributed by atoms with Crippen LogP contribution >= 0.6 is 0 Å². The monoisotopic (exact) mass is 517 g/mol. The highest BCUT2D eigenvalue weighted by molar-refractivity contribution is 5.96. The summed E-state index contributed by atoms with van der Waals surface area (Å²) in [4.78, 5) is 36.7. The van der Waals surface area contributed by atoms with E-state index in [4.69, 9.17) is 15.2 Å². The first-order valence-electron chi connectivity index (χ1n) is 13.4. The third-order valence-electron chi connectivity index (χ3n) is 7.18. The quantitative estimate of drug-likeness (QED) is 0.409. The summed E-state index contributed by atoms with van der Waals surface area (Å²) in [6, 6.07) is -0.122. The molecule has 3 unspecified atom stereocenters. The maximum Gasteiger partial charge on any atom is 0.404 e. The van der Waals surface area contributed by atoms with Crippen molar-refractivity contribution in [1.82, 2.24) is 20.4 Å². The van der Waals surface area contributed by atoms with Crippen molar-refractivity contribution in [3.63, 3.8) is 0 Å². The second-order valence-electron chi connectivity index (χ2n) is 11.4. The summed E-state index contributed by atoms with van der Waals surface area (Å²) in [5, 5.41) is 10.6. The fraction of sp³-hybridized carbons (Fsp3) is 0.704. The topological polar surface area (TPSA) is 138 Å². The van der Waals surface area contributed by atoms with E-state index in [1.807, 2.05) is 33.8 Å². The Morgan fingerprint density at radius 2 is 2.03 bits per heavy atom. The minimum absolute atomic E-state index is 0.0125. The Hall–Kier alpha value is -3.04. The molecule has 3 amide bonds. The van der Waals surface area contributed by atoms with Gasteiger partial charge in [0.15, 0.2) is 0 Å². The van der Waals surface area contributed by atoms with E-state index < -0.39 is 11.6 Å². The van der Waals surface area contributed by atoms with Gasteiger partial charge in [0.05, 0.1) is 24.9 Å². The zero-order chi connectivity index (χ0) is 27.2. The van der Waals surface area contributed by atoms with E-state index in [2.05, 4.69) is 15.7 Å². The van der Waals surface area contributed by atoms with E-state index in [9.17, 15) is 14.4 Å². The molecule has 0 radical (unpaired) electrons. The number of rotatable bonds is 11. The number of ether oxygens (including phenoxy) is 2. The second kappa shape index (κ2) is 12.5. The van der Waals surface area contributed by atoms with Crippen molar-refractivity contribution in [3.05, 3.63) is 17.8 Å². The van der Waals surface area contributed by atoms with Gasteiger partial charge in [-0.1, -0.05) is 33.6 Å². The van der Waals surface area contributed by atoms with Gasteiger partial charge in [-0.2, -0.15) is 5.10 Å². The van der Waals surface area contributed by atoms with Crippen LogP contribution in [0, 0.1) is 23.7 Å². The Morgan fingerprint density at radius 3 is 2.70 bits per heavy atom. The van der Waals surface area contributed by atoms with E-state index in [0.717, 1.165) is 25.7 Å². The normalized spacial score (nSPS) is 23.6. The molecule has 0 spiro atoms. The molecule has 4 atom stereocenters. The van der Waals surface area contributed by atoms with Gasteiger partial charge in [-0.15, -0.1) is 0 Å². The minimum Gasteiger partial charge on any atom is -0.477 e. The van der Waals surface area contributed by atoms with Crippen LogP contribution in [-0.4, -0.2) is 52.5 Å². The van der Waals surface area contributed by atoms with Crippen molar-refractivity contribution >= 4 is 24.1 Å². The smallest absolute Gasteiger partial charge is 0.404 e. The maximum atomic E-state index is 13.6. The SMILES string of the molecule is CCC(=O)NC(C)(C)/C=C/n1ncc(C(=O)N[C@H]2C3CCCC(C3)CC2COC(N)=O)c1OCC(C)C. The number of aromatic nitrogens is 2. The molecular formula is C27H43N5O5. The number of carbonyl (C=O) groups is 3. The summed E-state index contributed by atoms with van der Waals surface area (Å²) < 4.78 is 12.7. The number of fused-ring (bicyclic) bond motifs is 2. The molecule has 0 aromatic carbocycles. The van der Waals surface area contributed by atoms with E-state index in [0.29, 0.717) is 36.3 Å². The molecule has 10 nitrogen and oxygen atoms in total. The van der Waals surface area contributed by atoms with Gasteiger partial charge in [-0.3, -0.25) is 9.59 Å². The van der Waals surface area contributed by atoms with Crippen LogP contribution in [0.4, 0.5) is 4.79 Å². The summed E-state index contributed by atoms with van der Waals surface area (Å²) in [5.41, 5.74) is 4.97. The molecule has 206 valence electrons. The molecular weight excluding hydrogens is 474 g/mol. The Balaban J connectivity index is 1.82. The summed E-state index contributed by atoms with van der Waals surface area (Å²) >= 11 is 0. The molecule has 1 heterocycles. The number of hydrogen-bond acceptors (Lipinski definition) is 6. The highest BCUT2D eigenvalue weighted by atomic mass is 16.5. The summed E-state index contributed by atoms with van der Waals surface area (Å²) in [6.07, 6.45) is 9.93. The van der Waals surface area contributed by atoms with Crippen LogP contribution in [0.2, 0.25) is 0 Å². The molecule has 3 rings (SSSR count). The highest BCUT2D eigenvalue weighted by Crippen LogP contribution is 2.43. The molecule has 2 bridgehead atoms. The molecule has 2 saturated carbocycles. The van der Waals surface area contributed by atoms with Crippen LogP contribution in [0.5, 0.6) is 5.88 Å². The lowest BCUT2D eigenvalue weighted by molar-refractivity contribution is -0.121. The average Bonchev–Trinajstić information content (AvgIpc) is 3.24. The number of hydrogen-bond donors (Lipinski definition) is 3. The Kier molecular flexibility index (Phi) is 9.62. The van der Waals surface area contributed by atoms with Gasteiger partial charge in [0, 0.05) is 24.6 Å². The lowest BCUT2D eigenvalue weighted by atomic mass is 9.65. The van der Waals surface area contributed by atoms with Gasteiger partial charge in [-0.25, -0.2) is 9.48 Å². The third-order valence-corrected chi connectivity index (χ3v) is 7.18. The zero-order valence-electron chi connectivity index (χ0n) is 22.8. The molecule has 1 aromatic heterocycles. The molecule has 4 N–H and O–H groups in total. The van der Waals surface area contributed by atoms with E-state index in [1.54, 1.807) is 13.1 Å². The molecule has 0 saturated heterocycles. The number of nitrogens with two attached hydrogens (primary N) is 1. The molecule has 37 heavy (non-hydrogen) atoms. The number of amides is 3. The number of primary amides is 1. The molecule has 2 aliphatic rings. The molecule has 10 heteroatoms. The summed E-state index contributed by atoms with van der Waals surface area (Å²) in [5.74, 6) is 1.20. The van der Waals surface area contributed by atoms with Gasteiger partial charge in [0.1, 0.15) is 5.56 Å². The largest absolute Gasteiger partial charge is 0.477 e. The minimum atomic E-state index is -0.795. The lowest BCUT2D eigenvalue weighted by Crippen LogP contribution is -2.52. The van der Waals surface area contributed by atoms with E-state index in [1.165, 1.54) is 17.3 Å². The first-order chi connectivity index (χ1) is 17.5.